The summed E-state index contributed by atoms with van der Waals surface area (Å²) in [5.74, 6) is -3.14. The molecule has 3 aromatic rings. The van der Waals surface area contributed by atoms with Crippen LogP contribution in [0, 0.1) is 5.82 Å². The minimum absolute atomic E-state index is 0.230. The van der Waals surface area contributed by atoms with Crippen molar-refractivity contribution in [1.82, 2.24) is 20.0 Å². The molecule has 6 nitrogen and oxygen atoms in total. The number of alkyl halides is 6. The van der Waals surface area contributed by atoms with Gasteiger partial charge in [-0.05, 0) is 24.3 Å². The van der Waals surface area contributed by atoms with Crippen LogP contribution < -0.4 is 10.9 Å². The molecule has 2 N–H and O–H groups in total. The number of nitrogens with one attached hydrogen (secondary N) is 2. The molecule has 0 unspecified atom stereocenters. The van der Waals surface area contributed by atoms with Crippen LogP contribution in [0.1, 0.15) is 21.6 Å². The molecule has 0 saturated carbocycles. The molecule has 0 fully saturated rings. The van der Waals surface area contributed by atoms with Gasteiger partial charge in [0.25, 0.3) is 5.91 Å². The van der Waals surface area contributed by atoms with Crippen molar-refractivity contribution in [2.24, 2.45) is 0 Å². The molecule has 0 bridgehead atoms. The molecule has 3 aromatic heterocycles. The molecule has 0 saturated heterocycles. The first-order chi connectivity index (χ1) is 14.4. The zero-order valence-corrected chi connectivity index (χ0v) is 15.6. The van der Waals surface area contributed by atoms with E-state index in [-0.39, 0.29) is 17.6 Å². The number of halogens is 8. The van der Waals surface area contributed by atoms with Crippen molar-refractivity contribution in [3.63, 3.8) is 0 Å². The number of carbonyl (C=O) groups excluding carboxylic acids is 1. The van der Waals surface area contributed by atoms with Crippen molar-refractivity contribution in [2.45, 2.75) is 12.4 Å². The molecule has 0 spiro atoms. The van der Waals surface area contributed by atoms with Crippen LogP contribution in [0.4, 0.5) is 36.6 Å². The summed E-state index contributed by atoms with van der Waals surface area (Å²) in [5.41, 5.74) is 1.65. The zero-order chi connectivity index (χ0) is 23.0. The van der Waals surface area contributed by atoms with E-state index in [0.29, 0.717) is 18.5 Å². The molecule has 0 aliphatic heterocycles. The maximum atomic E-state index is 14.2. The molecule has 164 valence electrons. The fraction of sp³-hybridized carbons (Fsp3) is 0.118. The lowest BCUT2D eigenvalue weighted by Gasteiger charge is -2.13. The molecule has 14 heteroatoms. The van der Waals surface area contributed by atoms with Crippen LogP contribution in [0.5, 0.6) is 0 Å². The van der Waals surface area contributed by atoms with E-state index in [1.54, 1.807) is 0 Å². The van der Waals surface area contributed by atoms with Crippen molar-refractivity contribution >= 4 is 23.3 Å². The Kier molecular flexibility index (Phi) is 5.81. The first-order valence-electron chi connectivity index (χ1n) is 8.07. The number of rotatable bonds is 4. The third kappa shape index (κ3) is 4.87. The molecule has 0 atom stereocenters. The number of hydrazine groups is 1. The van der Waals surface area contributed by atoms with Gasteiger partial charge in [-0.2, -0.15) is 26.3 Å². The molecule has 0 aliphatic carbocycles. The normalized spacial score (nSPS) is 12.0. The lowest BCUT2D eigenvalue weighted by Crippen LogP contribution is -2.31. The number of hydrogen-bond acceptors (Lipinski definition) is 4. The highest BCUT2D eigenvalue weighted by molar-refractivity contribution is 6.33. The number of carbonyl (C=O) groups is 1. The largest absolute Gasteiger partial charge is 0.417 e. The highest BCUT2D eigenvalue weighted by atomic mass is 35.5. The Bertz CT molecular complexity index is 1130. The van der Waals surface area contributed by atoms with Gasteiger partial charge in [-0.1, -0.05) is 11.6 Å². The number of amides is 1. The van der Waals surface area contributed by atoms with E-state index in [1.165, 1.54) is 18.3 Å². The highest BCUT2D eigenvalue weighted by Gasteiger charge is 2.33. The quantitative estimate of drug-likeness (QED) is 0.425. The fourth-order valence-electron chi connectivity index (χ4n) is 2.38. The average molecular weight is 468 g/mol. The van der Waals surface area contributed by atoms with E-state index in [9.17, 15) is 35.5 Å². The van der Waals surface area contributed by atoms with E-state index in [4.69, 9.17) is 11.6 Å². The maximum Gasteiger partial charge on any atom is 0.417 e. The van der Waals surface area contributed by atoms with Crippen molar-refractivity contribution in [3.8, 4) is 5.82 Å². The third-order valence-electron chi connectivity index (χ3n) is 3.82. The average Bonchev–Trinajstić information content (AvgIpc) is 3.14. The summed E-state index contributed by atoms with van der Waals surface area (Å²) in [5, 5.41) is -0.444. The molecule has 0 radical (unpaired) electrons. The van der Waals surface area contributed by atoms with E-state index < -0.39 is 46.0 Å². The Morgan fingerprint density at radius 2 is 1.61 bits per heavy atom. The Labute approximate surface area is 173 Å². The van der Waals surface area contributed by atoms with Crippen LogP contribution >= 0.6 is 11.6 Å². The summed E-state index contributed by atoms with van der Waals surface area (Å²) in [4.78, 5) is 19.3. The zero-order valence-electron chi connectivity index (χ0n) is 14.8. The standard InChI is InChI=1S/C17H9ClF7N5O/c18-10-4-8(16(20,21)22)6-26-13(10)28-29-15(31)12-2-1-3-30(12)14-11(19)5-9(7-27-14)17(23,24)25/h1-7H,(H,26,28)(H,29,31). The maximum absolute atomic E-state index is 14.2. The lowest BCUT2D eigenvalue weighted by atomic mass is 10.2. The third-order valence-corrected chi connectivity index (χ3v) is 4.11. The Balaban J connectivity index is 1.79. The molecule has 3 heterocycles. The van der Waals surface area contributed by atoms with Gasteiger partial charge in [-0.25, -0.2) is 14.4 Å². The monoisotopic (exact) mass is 467 g/mol. The predicted molar refractivity (Wildman–Crippen MR) is 93.9 cm³/mol. The smallest absolute Gasteiger partial charge is 0.294 e. The summed E-state index contributed by atoms with van der Waals surface area (Å²) in [7, 11) is 0. The Hall–Kier alpha value is -3.35. The number of anilines is 1. The summed E-state index contributed by atoms with van der Waals surface area (Å²) < 4.78 is 91.0. The summed E-state index contributed by atoms with van der Waals surface area (Å²) >= 11 is 5.71. The molecule has 3 rings (SSSR count). The van der Waals surface area contributed by atoms with Crippen molar-refractivity contribution in [3.05, 3.63) is 70.5 Å². The fourth-order valence-corrected chi connectivity index (χ4v) is 2.59. The molecular formula is C17H9ClF7N5O. The van der Waals surface area contributed by atoms with E-state index >= 15 is 0 Å². The van der Waals surface area contributed by atoms with Gasteiger partial charge >= 0.3 is 12.4 Å². The van der Waals surface area contributed by atoms with Gasteiger partial charge in [0.05, 0.1) is 16.1 Å². The second-order valence-corrected chi connectivity index (χ2v) is 6.33. The van der Waals surface area contributed by atoms with Crippen LogP contribution in [0.25, 0.3) is 5.82 Å². The van der Waals surface area contributed by atoms with Gasteiger partial charge < -0.3 is 0 Å². The second-order valence-electron chi connectivity index (χ2n) is 5.92. The SMILES string of the molecule is O=C(NNc1ncc(C(F)(F)F)cc1Cl)c1cccn1-c1ncc(C(F)(F)F)cc1F. The number of pyridine rings is 2. The summed E-state index contributed by atoms with van der Waals surface area (Å²) in [6.07, 6.45) is -7.40. The van der Waals surface area contributed by atoms with Crippen LogP contribution in [-0.2, 0) is 12.4 Å². The predicted octanol–water partition coefficient (Wildman–Crippen LogP) is 4.85. The van der Waals surface area contributed by atoms with Gasteiger partial charge in [0.1, 0.15) is 5.69 Å². The van der Waals surface area contributed by atoms with Gasteiger partial charge in [0.15, 0.2) is 17.5 Å². The van der Waals surface area contributed by atoms with Gasteiger partial charge in [0.2, 0.25) is 0 Å². The number of aromatic nitrogens is 3. The molecule has 31 heavy (non-hydrogen) atoms. The molecule has 1 amide bonds. The van der Waals surface area contributed by atoms with Crippen LogP contribution in [0.3, 0.4) is 0 Å². The molecular weight excluding hydrogens is 459 g/mol. The van der Waals surface area contributed by atoms with E-state index in [1.807, 2.05) is 0 Å². The van der Waals surface area contributed by atoms with Crippen LogP contribution in [0.15, 0.2) is 42.9 Å². The van der Waals surface area contributed by atoms with Crippen molar-refractivity contribution < 1.29 is 35.5 Å². The van der Waals surface area contributed by atoms with Crippen molar-refractivity contribution in [2.75, 3.05) is 5.43 Å². The minimum atomic E-state index is -4.80. The van der Waals surface area contributed by atoms with Crippen LogP contribution in [-0.4, -0.2) is 20.4 Å². The minimum Gasteiger partial charge on any atom is -0.294 e. The van der Waals surface area contributed by atoms with Gasteiger partial charge in [-0.15, -0.1) is 0 Å². The Morgan fingerprint density at radius 1 is 1.00 bits per heavy atom. The molecule has 0 aliphatic rings. The van der Waals surface area contributed by atoms with E-state index in [0.717, 1.165) is 4.57 Å². The second kappa shape index (κ2) is 8.06. The summed E-state index contributed by atoms with van der Waals surface area (Å²) in [6, 6.07) is 3.33. The summed E-state index contributed by atoms with van der Waals surface area (Å²) in [6.45, 7) is 0. The van der Waals surface area contributed by atoms with Crippen molar-refractivity contribution in [1.29, 1.82) is 0 Å². The first-order valence-corrected chi connectivity index (χ1v) is 8.45. The first kappa shape index (κ1) is 22.3. The topological polar surface area (TPSA) is 71.8 Å². The number of hydrogen-bond donors (Lipinski definition) is 2. The molecule has 0 aromatic carbocycles. The van der Waals surface area contributed by atoms with Gasteiger partial charge in [-0.3, -0.25) is 20.2 Å². The number of nitrogens with zero attached hydrogens (tertiary/aromatic N) is 3. The lowest BCUT2D eigenvalue weighted by molar-refractivity contribution is -0.138. The van der Waals surface area contributed by atoms with Gasteiger partial charge in [0, 0.05) is 18.6 Å². The Morgan fingerprint density at radius 3 is 2.19 bits per heavy atom. The van der Waals surface area contributed by atoms with E-state index in [2.05, 4.69) is 20.8 Å². The van der Waals surface area contributed by atoms with Crippen LogP contribution in [0.2, 0.25) is 5.02 Å². The highest BCUT2D eigenvalue weighted by Crippen LogP contribution is 2.32.